The number of carbonyl (C=O) groups is 1. The van der Waals surface area contributed by atoms with E-state index in [2.05, 4.69) is 0 Å². The highest BCUT2D eigenvalue weighted by Gasteiger charge is 2.61. The van der Waals surface area contributed by atoms with Crippen LogP contribution < -0.4 is 0 Å². The SMILES string of the molecule is COCC1[C@@H](C(=O)O)C1(C)C. The first kappa shape index (κ1) is 8.53. The van der Waals surface area contributed by atoms with Crippen LogP contribution in [0.2, 0.25) is 0 Å². The van der Waals surface area contributed by atoms with Crippen molar-refractivity contribution in [2.45, 2.75) is 13.8 Å². The van der Waals surface area contributed by atoms with Gasteiger partial charge in [-0.15, -0.1) is 0 Å². The molecular weight excluding hydrogens is 144 g/mol. The van der Waals surface area contributed by atoms with E-state index < -0.39 is 5.97 Å². The third-order valence-electron chi connectivity index (χ3n) is 2.66. The fraction of sp³-hybridized carbons (Fsp3) is 0.875. The summed E-state index contributed by atoms with van der Waals surface area (Å²) in [6, 6.07) is 0. The van der Waals surface area contributed by atoms with Crippen LogP contribution in [0.15, 0.2) is 0 Å². The minimum absolute atomic E-state index is 0.0676. The van der Waals surface area contributed by atoms with Crippen molar-refractivity contribution in [3.63, 3.8) is 0 Å². The smallest absolute Gasteiger partial charge is 0.307 e. The molecule has 0 spiro atoms. The maximum Gasteiger partial charge on any atom is 0.307 e. The lowest BCUT2D eigenvalue weighted by molar-refractivity contribution is -0.139. The molecule has 1 rings (SSSR count). The molecule has 1 aliphatic carbocycles. The van der Waals surface area contributed by atoms with Gasteiger partial charge < -0.3 is 9.84 Å². The molecule has 1 saturated carbocycles. The zero-order valence-electron chi connectivity index (χ0n) is 7.13. The number of hydrogen-bond acceptors (Lipinski definition) is 2. The third kappa shape index (κ3) is 1.25. The van der Waals surface area contributed by atoms with Gasteiger partial charge in [0.25, 0.3) is 0 Å². The zero-order valence-corrected chi connectivity index (χ0v) is 7.13. The van der Waals surface area contributed by atoms with E-state index in [4.69, 9.17) is 9.84 Å². The summed E-state index contributed by atoms with van der Waals surface area (Å²) >= 11 is 0. The molecule has 1 aliphatic rings. The predicted molar refractivity (Wildman–Crippen MR) is 40.3 cm³/mol. The molecule has 0 aromatic carbocycles. The lowest BCUT2D eigenvalue weighted by Crippen LogP contribution is -2.03. The number of hydrogen-bond donors (Lipinski definition) is 1. The first-order chi connectivity index (χ1) is 5.01. The quantitative estimate of drug-likeness (QED) is 0.666. The van der Waals surface area contributed by atoms with Crippen molar-refractivity contribution in [1.82, 2.24) is 0 Å². The number of aliphatic carboxylic acids is 1. The van der Waals surface area contributed by atoms with Gasteiger partial charge in [0.2, 0.25) is 0 Å². The number of ether oxygens (including phenoxy) is 1. The summed E-state index contributed by atoms with van der Waals surface area (Å²) in [4.78, 5) is 10.6. The molecule has 3 heteroatoms. The summed E-state index contributed by atoms with van der Waals surface area (Å²) in [6.07, 6.45) is 0. The van der Waals surface area contributed by atoms with Gasteiger partial charge in [0.1, 0.15) is 0 Å². The maximum atomic E-state index is 10.6. The van der Waals surface area contributed by atoms with Crippen LogP contribution in [0.25, 0.3) is 0 Å². The first-order valence-corrected chi connectivity index (χ1v) is 3.73. The van der Waals surface area contributed by atoms with Gasteiger partial charge in [0.05, 0.1) is 12.5 Å². The second kappa shape index (κ2) is 2.48. The number of methoxy groups -OCH3 is 1. The summed E-state index contributed by atoms with van der Waals surface area (Å²) in [5.74, 6) is -0.704. The molecule has 1 fully saturated rings. The Morgan fingerprint density at radius 1 is 1.64 bits per heavy atom. The minimum atomic E-state index is -0.697. The van der Waals surface area contributed by atoms with Gasteiger partial charge >= 0.3 is 5.97 Å². The average molecular weight is 158 g/mol. The maximum absolute atomic E-state index is 10.6. The lowest BCUT2D eigenvalue weighted by Gasteiger charge is -1.98. The van der Waals surface area contributed by atoms with Gasteiger partial charge in [-0.05, 0) is 5.41 Å². The normalized spacial score (nSPS) is 33.4. The Balaban J connectivity index is 2.53. The van der Waals surface area contributed by atoms with Gasteiger partial charge in [0, 0.05) is 13.0 Å². The Bertz CT molecular complexity index is 174. The van der Waals surface area contributed by atoms with Crippen molar-refractivity contribution < 1.29 is 14.6 Å². The zero-order chi connectivity index (χ0) is 8.65. The molecule has 2 atom stereocenters. The van der Waals surface area contributed by atoms with E-state index in [1.165, 1.54) is 0 Å². The van der Waals surface area contributed by atoms with E-state index in [1.807, 2.05) is 13.8 Å². The summed E-state index contributed by atoms with van der Waals surface area (Å²) in [5, 5.41) is 8.73. The Kier molecular flexibility index (Phi) is 1.92. The average Bonchev–Trinajstić information content (AvgIpc) is 2.35. The van der Waals surface area contributed by atoms with E-state index >= 15 is 0 Å². The van der Waals surface area contributed by atoms with Crippen LogP contribution in [0.5, 0.6) is 0 Å². The van der Waals surface area contributed by atoms with Gasteiger partial charge in [0.15, 0.2) is 0 Å². The van der Waals surface area contributed by atoms with Gasteiger partial charge in [-0.25, -0.2) is 0 Å². The van der Waals surface area contributed by atoms with E-state index in [9.17, 15) is 4.79 Å². The second-order valence-electron chi connectivity index (χ2n) is 3.70. The standard InChI is InChI=1S/C8H14O3/c1-8(2)5(4-11-3)6(8)7(9)10/h5-6H,4H2,1-3H3,(H,9,10)/t5?,6-/m0/s1. The Labute approximate surface area is 66.4 Å². The van der Waals surface area contributed by atoms with Crippen molar-refractivity contribution in [2.75, 3.05) is 13.7 Å². The van der Waals surface area contributed by atoms with Crippen LogP contribution >= 0.6 is 0 Å². The topological polar surface area (TPSA) is 46.5 Å². The molecule has 64 valence electrons. The summed E-state index contributed by atoms with van der Waals surface area (Å²) < 4.78 is 4.92. The summed E-state index contributed by atoms with van der Waals surface area (Å²) in [5.41, 5.74) is -0.0676. The van der Waals surface area contributed by atoms with E-state index in [0.717, 1.165) is 0 Å². The number of carboxylic acids is 1. The lowest BCUT2D eigenvalue weighted by atomic mass is 10.1. The van der Waals surface area contributed by atoms with E-state index in [-0.39, 0.29) is 17.3 Å². The molecule has 0 aliphatic heterocycles. The summed E-state index contributed by atoms with van der Waals surface area (Å²) in [7, 11) is 1.60. The Morgan fingerprint density at radius 2 is 2.18 bits per heavy atom. The van der Waals surface area contributed by atoms with Gasteiger partial charge in [-0.2, -0.15) is 0 Å². The molecule has 1 N–H and O–H groups in total. The van der Waals surface area contributed by atoms with Crippen LogP contribution in [-0.2, 0) is 9.53 Å². The molecule has 3 nitrogen and oxygen atoms in total. The molecule has 0 bridgehead atoms. The molecule has 11 heavy (non-hydrogen) atoms. The monoisotopic (exact) mass is 158 g/mol. The fourth-order valence-electron chi connectivity index (χ4n) is 1.73. The highest BCUT2D eigenvalue weighted by atomic mass is 16.5. The first-order valence-electron chi connectivity index (χ1n) is 3.73. The van der Waals surface area contributed by atoms with Crippen molar-refractivity contribution in [3.05, 3.63) is 0 Å². The summed E-state index contributed by atoms with van der Waals surface area (Å²) in [6.45, 7) is 4.49. The fourth-order valence-corrected chi connectivity index (χ4v) is 1.73. The predicted octanol–water partition coefficient (Wildman–Crippen LogP) is 0.990. The molecule has 0 aromatic rings. The van der Waals surface area contributed by atoms with Crippen molar-refractivity contribution >= 4 is 5.97 Å². The Morgan fingerprint density at radius 3 is 2.45 bits per heavy atom. The molecule has 0 radical (unpaired) electrons. The second-order valence-corrected chi connectivity index (χ2v) is 3.70. The van der Waals surface area contributed by atoms with Crippen LogP contribution in [0, 0.1) is 17.3 Å². The molecule has 0 amide bonds. The van der Waals surface area contributed by atoms with Crippen LogP contribution in [0.1, 0.15) is 13.8 Å². The molecule has 1 unspecified atom stereocenters. The van der Waals surface area contributed by atoms with E-state index in [0.29, 0.717) is 6.61 Å². The minimum Gasteiger partial charge on any atom is -0.481 e. The Hall–Kier alpha value is -0.570. The van der Waals surface area contributed by atoms with Crippen LogP contribution in [-0.4, -0.2) is 24.8 Å². The highest BCUT2D eigenvalue weighted by Crippen LogP contribution is 2.58. The van der Waals surface area contributed by atoms with Crippen molar-refractivity contribution in [1.29, 1.82) is 0 Å². The van der Waals surface area contributed by atoms with Crippen LogP contribution in [0.4, 0.5) is 0 Å². The third-order valence-corrected chi connectivity index (χ3v) is 2.66. The molecule has 0 heterocycles. The van der Waals surface area contributed by atoms with E-state index in [1.54, 1.807) is 7.11 Å². The largest absolute Gasteiger partial charge is 0.481 e. The molecule has 0 saturated heterocycles. The van der Waals surface area contributed by atoms with Crippen molar-refractivity contribution in [2.24, 2.45) is 17.3 Å². The highest BCUT2D eigenvalue weighted by molar-refractivity contribution is 5.75. The van der Waals surface area contributed by atoms with Crippen molar-refractivity contribution in [3.8, 4) is 0 Å². The number of carboxylic acid groups (broad SMARTS) is 1. The molecular formula is C8H14O3. The van der Waals surface area contributed by atoms with Gasteiger partial charge in [-0.1, -0.05) is 13.8 Å². The van der Waals surface area contributed by atoms with Crippen LogP contribution in [0.3, 0.4) is 0 Å². The van der Waals surface area contributed by atoms with Gasteiger partial charge in [-0.3, -0.25) is 4.79 Å². The number of rotatable bonds is 3. The molecule has 0 aromatic heterocycles.